The topological polar surface area (TPSA) is 66.0 Å². The third kappa shape index (κ3) is 10.9. The molecule has 7 heteroatoms. The molecule has 0 saturated heterocycles. The van der Waals surface area contributed by atoms with Gasteiger partial charge < -0.3 is 24.3 Å². The number of hydrogen-bond acceptors (Lipinski definition) is 5. The van der Waals surface area contributed by atoms with Crippen LogP contribution in [0.5, 0.6) is 23.0 Å². The first kappa shape index (κ1) is 33.3. The highest BCUT2D eigenvalue weighted by Gasteiger charge is 2.27. The van der Waals surface area contributed by atoms with E-state index in [0.717, 1.165) is 55.1 Å². The first-order chi connectivity index (χ1) is 19.4. The van der Waals surface area contributed by atoms with Crippen LogP contribution in [-0.4, -0.2) is 61.0 Å². The molecule has 0 aliphatic carbocycles. The molecule has 1 N–H and O–H groups in total. The zero-order valence-electron chi connectivity index (χ0n) is 25.9. The van der Waals surface area contributed by atoms with E-state index < -0.39 is 0 Å². The number of carbonyl (C=O) groups excluding carboxylic acids is 1. The first-order valence-electron chi connectivity index (χ1n) is 15.0. The third-order valence-corrected chi connectivity index (χ3v) is 7.77. The molecule has 224 valence electrons. The van der Waals surface area contributed by atoms with Crippen LogP contribution in [0.4, 0.5) is 5.69 Å². The van der Waals surface area contributed by atoms with E-state index in [0.29, 0.717) is 28.9 Å². The Morgan fingerprint density at radius 2 is 1.25 bits per heavy atom. The molecular formula is C33H53N2O5+. The number of hydrogen-bond donors (Lipinski definition) is 1. The molecule has 0 aromatic heterocycles. The van der Waals surface area contributed by atoms with Crippen molar-refractivity contribution in [3.05, 3.63) is 42.0 Å². The van der Waals surface area contributed by atoms with Crippen LogP contribution in [0.3, 0.4) is 0 Å². The van der Waals surface area contributed by atoms with Gasteiger partial charge in [-0.25, -0.2) is 0 Å². The van der Waals surface area contributed by atoms with Crippen LogP contribution in [0.1, 0.15) is 76.7 Å². The van der Waals surface area contributed by atoms with Gasteiger partial charge in [-0.15, -0.1) is 0 Å². The molecule has 0 bridgehead atoms. The Kier molecular flexibility index (Phi) is 15.3. The van der Waals surface area contributed by atoms with Crippen LogP contribution in [0, 0.1) is 0 Å². The Labute approximate surface area is 242 Å². The van der Waals surface area contributed by atoms with Crippen molar-refractivity contribution in [1.29, 1.82) is 0 Å². The number of rotatable bonds is 21. The van der Waals surface area contributed by atoms with Gasteiger partial charge in [-0.3, -0.25) is 9.28 Å². The van der Waals surface area contributed by atoms with E-state index in [9.17, 15) is 4.79 Å². The lowest BCUT2D eigenvalue weighted by Crippen LogP contribution is -2.51. The third-order valence-electron chi connectivity index (χ3n) is 7.77. The van der Waals surface area contributed by atoms with Crippen LogP contribution in [0.15, 0.2) is 36.4 Å². The molecule has 1 atom stereocenters. The van der Waals surface area contributed by atoms with Crippen molar-refractivity contribution < 1.29 is 23.7 Å². The molecular weight excluding hydrogens is 504 g/mol. The number of carbonyl (C=O) groups is 1. The van der Waals surface area contributed by atoms with Crippen molar-refractivity contribution >= 4 is 11.6 Å². The maximum Gasteiger partial charge on any atom is 0.220 e. The lowest BCUT2D eigenvalue weighted by atomic mass is 10.1. The number of unbranched alkanes of at least 4 members (excludes halogenated alkanes) is 8. The van der Waals surface area contributed by atoms with Crippen molar-refractivity contribution in [3.8, 4) is 23.0 Å². The Balaban J connectivity index is 1.96. The van der Waals surface area contributed by atoms with Gasteiger partial charge in [-0.05, 0) is 30.2 Å². The lowest BCUT2D eigenvalue weighted by Gasteiger charge is -2.35. The molecule has 2 rings (SSSR count). The van der Waals surface area contributed by atoms with Gasteiger partial charge in [0.2, 0.25) is 5.91 Å². The fourth-order valence-corrected chi connectivity index (χ4v) is 5.07. The Bertz CT molecular complexity index is 1010. The monoisotopic (exact) mass is 557 g/mol. The fraction of sp³-hybridized carbons (Fsp3) is 0.606. The predicted molar refractivity (Wildman–Crippen MR) is 165 cm³/mol. The average Bonchev–Trinajstić information content (AvgIpc) is 2.98. The predicted octanol–water partition coefficient (Wildman–Crippen LogP) is 6.94. The number of nitrogens with one attached hydrogen (secondary N) is 1. The normalized spacial score (nSPS) is 12.4. The molecule has 0 spiro atoms. The van der Waals surface area contributed by atoms with E-state index in [1.54, 1.807) is 28.4 Å². The molecule has 40 heavy (non-hydrogen) atoms. The molecule has 0 fully saturated rings. The Hall–Kier alpha value is -2.93. The molecule has 2 aromatic carbocycles. The minimum absolute atomic E-state index is 0.140. The van der Waals surface area contributed by atoms with Crippen molar-refractivity contribution in [2.75, 3.05) is 55.1 Å². The van der Waals surface area contributed by atoms with E-state index >= 15 is 0 Å². The molecule has 1 unspecified atom stereocenters. The molecule has 0 radical (unpaired) electrons. The lowest BCUT2D eigenvalue weighted by molar-refractivity contribution is -0.121. The SMILES string of the molecule is CCCCCCCCCCCC(=O)NCC[N+](C)(CCc1ccc(OC)c(OC)c1)c1ccc(OC)c(OC)c1. The van der Waals surface area contributed by atoms with Gasteiger partial charge in [0.05, 0.1) is 48.6 Å². The zero-order valence-corrected chi connectivity index (χ0v) is 25.9. The van der Waals surface area contributed by atoms with E-state index in [1.807, 2.05) is 24.3 Å². The summed E-state index contributed by atoms with van der Waals surface area (Å²) in [5.41, 5.74) is 2.27. The number of methoxy groups -OCH3 is 4. The quantitative estimate of drug-likeness (QED) is 0.133. The second-order valence-corrected chi connectivity index (χ2v) is 10.8. The largest absolute Gasteiger partial charge is 0.493 e. The number of nitrogens with zero attached hydrogens (tertiary/aromatic N) is 1. The Morgan fingerprint density at radius 1 is 0.700 bits per heavy atom. The van der Waals surface area contributed by atoms with Crippen molar-refractivity contribution in [1.82, 2.24) is 9.80 Å². The fourth-order valence-electron chi connectivity index (χ4n) is 5.07. The highest BCUT2D eigenvalue weighted by atomic mass is 16.5. The number of likely N-dealkylation sites (N-methyl/N-ethyl adjacent to an activating group) is 1. The van der Waals surface area contributed by atoms with Crippen LogP contribution < -0.4 is 28.7 Å². The van der Waals surface area contributed by atoms with E-state index in [2.05, 4.69) is 31.4 Å². The summed E-state index contributed by atoms with van der Waals surface area (Å²) in [6.45, 7) is 4.44. The number of benzene rings is 2. The average molecular weight is 558 g/mol. The summed E-state index contributed by atoms with van der Waals surface area (Å²) >= 11 is 0. The highest BCUT2D eigenvalue weighted by molar-refractivity contribution is 5.75. The first-order valence-corrected chi connectivity index (χ1v) is 15.0. The van der Waals surface area contributed by atoms with Crippen molar-refractivity contribution in [2.45, 2.75) is 77.6 Å². The highest BCUT2D eigenvalue weighted by Crippen LogP contribution is 2.34. The molecule has 0 heterocycles. The maximum atomic E-state index is 12.6. The van der Waals surface area contributed by atoms with E-state index in [-0.39, 0.29) is 5.91 Å². The summed E-state index contributed by atoms with van der Waals surface area (Å²) in [5, 5.41) is 3.17. The molecule has 0 aliphatic rings. The molecule has 1 amide bonds. The van der Waals surface area contributed by atoms with Crippen molar-refractivity contribution in [3.63, 3.8) is 0 Å². The molecule has 0 aliphatic heterocycles. The van der Waals surface area contributed by atoms with E-state index in [1.165, 1.54) is 44.9 Å². The Morgan fingerprint density at radius 3 is 1.85 bits per heavy atom. The summed E-state index contributed by atoms with van der Waals surface area (Å²) in [6.07, 6.45) is 12.7. The van der Waals surface area contributed by atoms with Gasteiger partial charge in [-0.1, -0.05) is 64.4 Å². The van der Waals surface area contributed by atoms with Crippen LogP contribution in [-0.2, 0) is 11.2 Å². The minimum atomic E-state index is 0.140. The molecule has 0 saturated carbocycles. The number of ether oxygens (including phenoxy) is 4. The summed E-state index contributed by atoms with van der Waals surface area (Å²) in [4.78, 5) is 12.6. The van der Waals surface area contributed by atoms with Gasteiger partial charge in [0.15, 0.2) is 23.0 Å². The minimum Gasteiger partial charge on any atom is -0.493 e. The second kappa shape index (κ2) is 18.4. The summed E-state index contributed by atoms with van der Waals surface area (Å²) in [5.74, 6) is 2.99. The van der Waals surface area contributed by atoms with Gasteiger partial charge in [0.1, 0.15) is 12.2 Å². The zero-order chi connectivity index (χ0) is 29.2. The number of amides is 1. The standard InChI is InChI=1S/C33H52N2O5/c1-7-8-9-10-11-12-13-14-15-16-33(36)34-22-24-35(2,28-18-20-30(38-4)32(26-28)40-6)23-21-27-17-19-29(37-3)31(25-27)39-5/h17-20,25-26H,7-16,21-24H2,1-6H3/p+1. The van der Waals surface area contributed by atoms with Crippen molar-refractivity contribution in [2.24, 2.45) is 0 Å². The van der Waals surface area contributed by atoms with Crippen LogP contribution in [0.25, 0.3) is 0 Å². The van der Waals surface area contributed by atoms with Gasteiger partial charge in [0.25, 0.3) is 0 Å². The summed E-state index contributed by atoms with van der Waals surface area (Å²) in [7, 11) is 8.80. The number of quaternary nitrogens is 1. The van der Waals surface area contributed by atoms with Gasteiger partial charge in [-0.2, -0.15) is 0 Å². The maximum absolute atomic E-state index is 12.6. The summed E-state index contributed by atoms with van der Waals surface area (Å²) in [6, 6.07) is 12.1. The van der Waals surface area contributed by atoms with E-state index in [4.69, 9.17) is 18.9 Å². The van der Waals surface area contributed by atoms with Gasteiger partial charge in [0, 0.05) is 25.0 Å². The van der Waals surface area contributed by atoms with Crippen LogP contribution >= 0.6 is 0 Å². The smallest absolute Gasteiger partial charge is 0.220 e. The molecule has 7 nitrogen and oxygen atoms in total. The van der Waals surface area contributed by atoms with Crippen LogP contribution in [0.2, 0.25) is 0 Å². The summed E-state index contributed by atoms with van der Waals surface area (Å²) < 4.78 is 22.6. The molecule has 2 aromatic rings. The van der Waals surface area contributed by atoms with Gasteiger partial charge >= 0.3 is 0 Å². The second-order valence-electron chi connectivity index (χ2n) is 10.8.